The van der Waals surface area contributed by atoms with E-state index >= 15 is 0 Å². The van der Waals surface area contributed by atoms with Crippen molar-refractivity contribution >= 4 is 23.8 Å². The summed E-state index contributed by atoms with van der Waals surface area (Å²) in [7, 11) is 1.91. The second-order valence-electron chi connectivity index (χ2n) is 10.1. The Morgan fingerprint density at radius 1 is 1.08 bits per heavy atom. The summed E-state index contributed by atoms with van der Waals surface area (Å²) in [6.45, 7) is 4.73. The van der Waals surface area contributed by atoms with Gasteiger partial charge < -0.3 is 20.7 Å². The Labute approximate surface area is 218 Å². The highest BCUT2D eigenvalue weighted by Crippen LogP contribution is 2.22. The van der Waals surface area contributed by atoms with Crippen LogP contribution in [0.15, 0.2) is 60.8 Å². The first-order valence-corrected chi connectivity index (χ1v) is 12.9. The van der Waals surface area contributed by atoms with Gasteiger partial charge in [0.1, 0.15) is 23.9 Å². The van der Waals surface area contributed by atoms with Gasteiger partial charge in [0.05, 0.1) is 6.04 Å². The lowest BCUT2D eigenvalue weighted by Gasteiger charge is -2.33. The molecule has 0 saturated carbocycles. The summed E-state index contributed by atoms with van der Waals surface area (Å²) in [5.41, 5.74) is 1.80. The maximum absolute atomic E-state index is 13.8. The molecule has 3 amide bonds. The lowest BCUT2D eigenvalue weighted by molar-refractivity contribution is -0.135. The van der Waals surface area contributed by atoms with Gasteiger partial charge in [0.2, 0.25) is 17.7 Å². The number of ether oxygens (including phenoxy) is 1. The molecular formula is C29H36N4O4. The van der Waals surface area contributed by atoms with Gasteiger partial charge in [0.25, 0.3) is 0 Å². The summed E-state index contributed by atoms with van der Waals surface area (Å²) in [4.78, 5) is 42.3. The fourth-order valence-electron chi connectivity index (χ4n) is 4.83. The maximum Gasteiger partial charge on any atom is 0.247 e. The van der Waals surface area contributed by atoms with Crippen LogP contribution < -0.4 is 20.7 Å². The molecule has 0 unspecified atom stereocenters. The van der Waals surface area contributed by atoms with E-state index in [-0.39, 0.29) is 23.8 Å². The maximum atomic E-state index is 13.8. The molecular weight excluding hydrogens is 468 g/mol. The number of hydrogen-bond donors (Lipinski definition) is 3. The van der Waals surface area contributed by atoms with Gasteiger partial charge in [-0.05, 0) is 61.7 Å². The van der Waals surface area contributed by atoms with Crippen LogP contribution in [-0.2, 0) is 20.8 Å². The molecule has 3 heterocycles. The molecule has 0 radical (unpaired) electrons. The molecule has 2 bridgehead atoms. The second-order valence-corrected chi connectivity index (χ2v) is 10.1. The molecule has 3 N–H and O–H groups in total. The normalized spacial score (nSPS) is 24.8. The Morgan fingerprint density at radius 2 is 1.81 bits per heavy atom. The lowest BCUT2D eigenvalue weighted by atomic mass is 9.96. The Bertz CT molecular complexity index is 1120. The van der Waals surface area contributed by atoms with Crippen LogP contribution >= 0.6 is 0 Å². The first-order valence-electron chi connectivity index (χ1n) is 12.9. The molecule has 3 aliphatic heterocycles. The summed E-state index contributed by atoms with van der Waals surface area (Å²) >= 11 is 0. The molecule has 0 aliphatic carbocycles. The van der Waals surface area contributed by atoms with Crippen molar-refractivity contribution in [2.24, 2.45) is 5.92 Å². The largest absolute Gasteiger partial charge is 0.487 e. The number of rotatable bonds is 5. The molecule has 196 valence electrons. The smallest absolute Gasteiger partial charge is 0.247 e. The van der Waals surface area contributed by atoms with Crippen LogP contribution in [0.3, 0.4) is 0 Å². The first-order chi connectivity index (χ1) is 17.8. The van der Waals surface area contributed by atoms with E-state index in [1.54, 1.807) is 12.3 Å². The molecule has 0 aromatic heterocycles. The van der Waals surface area contributed by atoms with E-state index in [4.69, 9.17) is 4.74 Å². The third kappa shape index (κ3) is 6.77. The van der Waals surface area contributed by atoms with Crippen molar-refractivity contribution in [3.63, 3.8) is 0 Å². The third-order valence-corrected chi connectivity index (χ3v) is 6.96. The molecule has 8 nitrogen and oxygen atoms in total. The van der Waals surface area contributed by atoms with Crippen LogP contribution in [-0.4, -0.2) is 60.4 Å². The van der Waals surface area contributed by atoms with Crippen molar-refractivity contribution in [3.8, 4) is 5.75 Å². The predicted octanol–water partition coefficient (Wildman–Crippen LogP) is 2.50. The van der Waals surface area contributed by atoms with Gasteiger partial charge in [0, 0.05) is 12.6 Å². The van der Waals surface area contributed by atoms with Crippen LogP contribution in [0.5, 0.6) is 5.75 Å². The van der Waals surface area contributed by atoms with Crippen LogP contribution in [0.4, 0.5) is 0 Å². The topological polar surface area (TPSA) is 99.8 Å². The number of likely N-dealkylation sites (N-methyl/N-ethyl adjacent to an activating group) is 1. The lowest BCUT2D eigenvalue weighted by Crippen LogP contribution is -2.61. The van der Waals surface area contributed by atoms with Gasteiger partial charge in [-0.15, -0.1) is 0 Å². The third-order valence-electron chi connectivity index (χ3n) is 6.96. The van der Waals surface area contributed by atoms with E-state index in [9.17, 15) is 14.4 Å². The van der Waals surface area contributed by atoms with Crippen molar-refractivity contribution in [3.05, 3.63) is 71.9 Å². The highest BCUT2D eigenvalue weighted by Gasteiger charge is 2.38. The van der Waals surface area contributed by atoms with Crippen molar-refractivity contribution in [2.75, 3.05) is 13.6 Å². The van der Waals surface area contributed by atoms with Gasteiger partial charge in [-0.25, -0.2) is 0 Å². The molecule has 0 spiro atoms. The average molecular weight is 505 g/mol. The Morgan fingerprint density at radius 3 is 2.46 bits per heavy atom. The molecule has 1 fully saturated rings. The highest BCUT2D eigenvalue weighted by atomic mass is 16.5. The number of likely N-dealkylation sites (tertiary alicyclic amines) is 1. The van der Waals surface area contributed by atoms with Crippen molar-refractivity contribution < 1.29 is 19.1 Å². The fourth-order valence-corrected chi connectivity index (χ4v) is 4.83. The second kappa shape index (κ2) is 12.1. The summed E-state index contributed by atoms with van der Waals surface area (Å²) in [6, 6.07) is 14.8. The molecule has 2 aromatic carbocycles. The van der Waals surface area contributed by atoms with Crippen LogP contribution in [0.25, 0.3) is 6.08 Å². The molecule has 3 aliphatic rings. The van der Waals surface area contributed by atoms with Gasteiger partial charge in [-0.3, -0.25) is 19.3 Å². The van der Waals surface area contributed by atoms with E-state index < -0.39 is 24.1 Å². The zero-order valence-electron chi connectivity index (χ0n) is 21.6. The number of nitrogens with one attached hydrogen (secondary N) is 3. The average Bonchev–Trinajstić information content (AvgIpc) is 3.32. The number of carbonyl (C=O) groups is 3. The van der Waals surface area contributed by atoms with Gasteiger partial charge >= 0.3 is 0 Å². The van der Waals surface area contributed by atoms with Crippen molar-refractivity contribution in [1.82, 2.24) is 20.9 Å². The number of amides is 3. The monoisotopic (exact) mass is 504 g/mol. The minimum Gasteiger partial charge on any atom is -0.487 e. The summed E-state index contributed by atoms with van der Waals surface area (Å²) in [5, 5.41) is 8.68. The quantitative estimate of drug-likeness (QED) is 0.581. The summed E-state index contributed by atoms with van der Waals surface area (Å²) in [5.74, 6) is -0.516. The zero-order chi connectivity index (χ0) is 26.4. The van der Waals surface area contributed by atoms with Gasteiger partial charge in [-0.1, -0.05) is 56.3 Å². The van der Waals surface area contributed by atoms with E-state index in [0.29, 0.717) is 12.2 Å². The van der Waals surface area contributed by atoms with Crippen LogP contribution in [0.2, 0.25) is 0 Å². The first kappa shape index (κ1) is 26.4. The molecule has 2 aromatic rings. The minimum atomic E-state index is -0.995. The number of carbonyl (C=O) groups excluding carboxylic acids is 3. The number of hydrogen-bond acceptors (Lipinski definition) is 5. The standard InChI is InChI=1S/C29H36N4O4/c1-19(2)26-25(32-28(35)24-10-7-17-33(24)3)29(36)31-23(18-21-8-5-4-6-9-21)27(34)30-16-15-20-11-13-22(37-26)14-12-20/h4-6,8-9,11-16,19,23-26H,7,10,17-18H2,1-3H3,(H,30,34)(H,31,36)(H,32,35)/t23-,24-,25-,26-/m0/s1. The predicted molar refractivity (Wildman–Crippen MR) is 143 cm³/mol. The van der Waals surface area contributed by atoms with Crippen molar-refractivity contribution in [2.45, 2.75) is 57.3 Å². The molecule has 37 heavy (non-hydrogen) atoms. The Kier molecular flexibility index (Phi) is 8.61. The number of benzene rings is 2. The van der Waals surface area contributed by atoms with Gasteiger partial charge in [-0.2, -0.15) is 0 Å². The Balaban J connectivity index is 1.68. The fraction of sp³-hybridized carbons (Fsp3) is 0.414. The SMILES string of the molecule is CC(C)[C@@H]1Oc2ccc(cc2)C=CNC(=O)[C@H](Cc2ccccc2)NC(=O)[C@H]1NC(=O)[C@@H]1CCCN1C. The zero-order valence-corrected chi connectivity index (χ0v) is 21.6. The Hall–Kier alpha value is -3.65. The molecule has 8 heteroatoms. The van der Waals surface area contributed by atoms with E-state index in [1.807, 2.05) is 80.4 Å². The van der Waals surface area contributed by atoms with Crippen LogP contribution in [0.1, 0.15) is 37.8 Å². The van der Waals surface area contributed by atoms with Gasteiger partial charge in [0.15, 0.2) is 0 Å². The van der Waals surface area contributed by atoms with E-state index in [1.165, 1.54) is 0 Å². The molecule has 5 rings (SSSR count). The number of nitrogens with zero attached hydrogens (tertiary/aromatic N) is 1. The van der Waals surface area contributed by atoms with Crippen molar-refractivity contribution in [1.29, 1.82) is 0 Å². The molecule has 1 saturated heterocycles. The molecule has 4 atom stereocenters. The summed E-state index contributed by atoms with van der Waals surface area (Å²) in [6.07, 6.45) is 4.67. The summed E-state index contributed by atoms with van der Waals surface area (Å²) < 4.78 is 6.31. The van der Waals surface area contributed by atoms with Crippen LogP contribution in [0, 0.1) is 5.92 Å². The number of fused-ring (bicyclic) bond motifs is 10. The van der Waals surface area contributed by atoms with E-state index in [2.05, 4.69) is 16.0 Å². The van der Waals surface area contributed by atoms with E-state index in [0.717, 1.165) is 30.5 Å². The highest BCUT2D eigenvalue weighted by molar-refractivity contribution is 5.94. The minimum absolute atomic E-state index is 0.105.